The van der Waals surface area contributed by atoms with E-state index in [1.807, 2.05) is 42.5 Å². The van der Waals surface area contributed by atoms with Gasteiger partial charge in [0.15, 0.2) is 18.1 Å². The Hall–Kier alpha value is -3.30. The van der Waals surface area contributed by atoms with Crippen molar-refractivity contribution >= 4 is 61.7 Å². The Morgan fingerprint density at radius 1 is 1.15 bits per heavy atom. The molecule has 1 saturated heterocycles. The summed E-state index contributed by atoms with van der Waals surface area (Å²) in [6.45, 7) is -0.348. The van der Waals surface area contributed by atoms with E-state index in [1.54, 1.807) is 18.2 Å². The quantitative estimate of drug-likeness (QED) is 0.416. The molecule has 0 unspecified atom stereocenters. The zero-order valence-corrected chi connectivity index (χ0v) is 19.8. The van der Waals surface area contributed by atoms with Crippen molar-refractivity contribution in [1.82, 2.24) is 4.90 Å². The molecule has 0 saturated carbocycles. The number of thioether (sulfide) groups is 1. The highest BCUT2D eigenvalue weighted by molar-refractivity contribution is 9.10. The first-order valence-electron chi connectivity index (χ1n) is 9.81. The van der Waals surface area contributed by atoms with Crippen molar-refractivity contribution in [3.63, 3.8) is 0 Å². The maximum Gasteiger partial charge on any atom is 0.341 e. The number of ether oxygens (including phenoxy) is 2. The minimum Gasteiger partial charge on any atom is -0.493 e. The normalized spacial score (nSPS) is 14.8. The number of halogens is 1. The third-order valence-electron chi connectivity index (χ3n) is 4.97. The van der Waals surface area contributed by atoms with Gasteiger partial charge in [0, 0.05) is 0 Å². The molecule has 3 aromatic rings. The van der Waals surface area contributed by atoms with Crippen LogP contribution in [0, 0.1) is 0 Å². The van der Waals surface area contributed by atoms with Crippen LogP contribution in [0.2, 0.25) is 0 Å². The van der Waals surface area contributed by atoms with Crippen LogP contribution in [-0.2, 0) is 16.1 Å². The lowest BCUT2D eigenvalue weighted by molar-refractivity contribution is -0.139. The smallest absolute Gasteiger partial charge is 0.341 e. The Kier molecular flexibility index (Phi) is 6.71. The summed E-state index contributed by atoms with van der Waals surface area (Å²) in [5, 5.41) is 10.5. The van der Waals surface area contributed by atoms with Crippen LogP contribution in [0.5, 0.6) is 11.5 Å². The first kappa shape index (κ1) is 22.9. The molecular formula is C24H18BrNO6S. The number of carboxylic acid groups (broad SMARTS) is 1. The van der Waals surface area contributed by atoms with Crippen LogP contribution in [0.4, 0.5) is 4.79 Å². The molecular weight excluding hydrogens is 510 g/mol. The Labute approximate surface area is 202 Å². The Balaban J connectivity index is 1.60. The van der Waals surface area contributed by atoms with Crippen molar-refractivity contribution in [2.45, 2.75) is 6.54 Å². The standard InChI is InChI=1S/C24H18BrNO6S/c1-31-19-10-14(9-18(25)22(19)32-13-21(27)28)11-20-23(29)26(24(30)33-20)12-16-7-4-6-15-5-2-3-8-17(15)16/h2-11H,12-13H2,1H3,(H,27,28)/b20-11-. The lowest BCUT2D eigenvalue weighted by Gasteiger charge is -2.14. The van der Waals surface area contributed by atoms with E-state index < -0.39 is 12.6 Å². The number of nitrogens with zero attached hydrogens (tertiary/aromatic N) is 1. The molecule has 1 fully saturated rings. The van der Waals surface area contributed by atoms with Crippen LogP contribution in [0.25, 0.3) is 16.8 Å². The Morgan fingerprint density at radius 3 is 2.67 bits per heavy atom. The third kappa shape index (κ3) is 4.89. The van der Waals surface area contributed by atoms with Gasteiger partial charge in [-0.05, 0) is 67.8 Å². The lowest BCUT2D eigenvalue weighted by atomic mass is 10.0. The van der Waals surface area contributed by atoms with Gasteiger partial charge in [0.25, 0.3) is 11.1 Å². The van der Waals surface area contributed by atoms with Gasteiger partial charge < -0.3 is 14.6 Å². The van der Waals surface area contributed by atoms with E-state index in [4.69, 9.17) is 14.6 Å². The number of hydrogen-bond acceptors (Lipinski definition) is 6. The molecule has 0 atom stereocenters. The highest BCUT2D eigenvalue weighted by atomic mass is 79.9. The fourth-order valence-corrected chi connectivity index (χ4v) is 4.90. The molecule has 33 heavy (non-hydrogen) atoms. The number of benzene rings is 3. The largest absolute Gasteiger partial charge is 0.493 e. The molecule has 1 aliphatic rings. The second-order valence-electron chi connectivity index (χ2n) is 7.12. The van der Waals surface area contributed by atoms with Gasteiger partial charge in [-0.2, -0.15) is 0 Å². The summed E-state index contributed by atoms with van der Waals surface area (Å²) in [7, 11) is 1.43. The maximum absolute atomic E-state index is 13.0. The first-order valence-corrected chi connectivity index (χ1v) is 11.4. The van der Waals surface area contributed by atoms with Crippen molar-refractivity contribution in [1.29, 1.82) is 0 Å². The number of hydrogen-bond donors (Lipinski definition) is 1. The molecule has 9 heteroatoms. The van der Waals surface area contributed by atoms with Crippen LogP contribution in [0.15, 0.2) is 64.0 Å². The highest BCUT2D eigenvalue weighted by Crippen LogP contribution is 2.39. The van der Waals surface area contributed by atoms with E-state index in [0.29, 0.717) is 15.8 Å². The van der Waals surface area contributed by atoms with Crippen LogP contribution in [0.3, 0.4) is 0 Å². The first-order chi connectivity index (χ1) is 15.9. The highest BCUT2D eigenvalue weighted by Gasteiger charge is 2.35. The number of rotatable bonds is 7. The predicted molar refractivity (Wildman–Crippen MR) is 129 cm³/mol. The van der Waals surface area contributed by atoms with Gasteiger partial charge in [0.1, 0.15) is 0 Å². The van der Waals surface area contributed by atoms with E-state index >= 15 is 0 Å². The number of carbonyl (C=O) groups excluding carboxylic acids is 2. The number of fused-ring (bicyclic) bond motifs is 1. The van der Waals surface area contributed by atoms with Crippen molar-refractivity contribution in [2.24, 2.45) is 0 Å². The molecule has 0 bridgehead atoms. The average molecular weight is 528 g/mol. The van der Waals surface area contributed by atoms with Crippen LogP contribution in [-0.4, -0.2) is 40.8 Å². The average Bonchev–Trinajstić information content (AvgIpc) is 3.05. The second kappa shape index (κ2) is 9.68. The van der Waals surface area contributed by atoms with Crippen molar-refractivity contribution < 1.29 is 29.0 Å². The number of amides is 2. The molecule has 1 heterocycles. The molecule has 4 rings (SSSR count). The zero-order valence-electron chi connectivity index (χ0n) is 17.4. The maximum atomic E-state index is 13.0. The Morgan fingerprint density at radius 2 is 1.91 bits per heavy atom. The van der Waals surface area contributed by atoms with Crippen LogP contribution >= 0.6 is 27.7 Å². The molecule has 1 N–H and O–H groups in total. The number of aliphatic carboxylic acids is 1. The van der Waals surface area contributed by atoms with E-state index in [2.05, 4.69) is 15.9 Å². The molecule has 2 amide bonds. The van der Waals surface area contributed by atoms with Crippen molar-refractivity contribution in [3.8, 4) is 11.5 Å². The predicted octanol–water partition coefficient (Wildman–Crippen LogP) is 5.31. The van der Waals surface area contributed by atoms with Gasteiger partial charge in [-0.3, -0.25) is 14.5 Å². The number of carboxylic acids is 1. The minimum atomic E-state index is -1.12. The monoisotopic (exact) mass is 527 g/mol. The molecule has 168 valence electrons. The van der Waals surface area contributed by atoms with Gasteiger partial charge in [0.05, 0.1) is 23.0 Å². The van der Waals surface area contributed by atoms with Gasteiger partial charge in [-0.25, -0.2) is 4.79 Å². The molecule has 1 aliphatic heterocycles. The van der Waals surface area contributed by atoms with Crippen molar-refractivity contribution in [2.75, 3.05) is 13.7 Å². The van der Waals surface area contributed by atoms with Gasteiger partial charge in [-0.1, -0.05) is 42.5 Å². The van der Waals surface area contributed by atoms with Crippen LogP contribution < -0.4 is 9.47 Å². The molecule has 7 nitrogen and oxygen atoms in total. The topological polar surface area (TPSA) is 93.1 Å². The minimum absolute atomic E-state index is 0.179. The van der Waals surface area contributed by atoms with E-state index in [-0.39, 0.29) is 28.3 Å². The summed E-state index contributed by atoms with van der Waals surface area (Å²) in [6.07, 6.45) is 1.60. The molecule has 0 aliphatic carbocycles. The Bertz CT molecular complexity index is 1300. The SMILES string of the molecule is COc1cc(/C=C2\SC(=O)N(Cc3cccc4ccccc34)C2=O)cc(Br)c1OCC(=O)O. The van der Waals surface area contributed by atoms with Gasteiger partial charge in [-0.15, -0.1) is 0 Å². The van der Waals surface area contributed by atoms with Crippen LogP contribution in [0.1, 0.15) is 11.1 Å². The molecule has 0 aromatic heterocycles. The van der Waals surface area contributed by atoms with E-state index in [1.165, 1.54) is 12.0 Å². The lowest BCUT2D eigenvalue weighted by Crippen LogP contribution is -2.27. The molecule has 0 radical (unpaired) electrons. The fourth-order valence-electron chi connectivity index (χ4n) is 3.49. The third-order valence-corrected chi connectivity index (χ3v) is 6.47. The number of carbonyl (C=O) groups is 3. The second-order valence-corrected chi connectivity index (χ2v) is 8.97. The fraction of sp³-hybridized carbons (Fsp3) is 0.125. The summed E-state index contributed by atoms with van der Waals surface area (Å²) in [5.41, 5.74) is 1.48. The van der Waals surface area contributed by atoms with E-state index in [0.717, 1.165) is 28.1 Å². The molecule has 0 spiro atoms. The summed E-state index contributed by atoms with van der Waals surface area (Å²) < 4.78 is 11.0. The van der Waals surface area contributed by atoms with E-state index in [9.17, 15) is 14.4 Å². The summed E-state index contributed by atoms with van der Waals surface area (Å²) in [6, 6.07) is 16.9. The summed E-state index contributed by atoms with van der Waals surface area (Å²) in [5.74, 6) is -0.958. The zero-order chi connectivity index (χ0) is 23.5. The summed E-state index contributed by atoms with van der Waals surface area (Å²) >= 11 is 4.22. The van der Waals surface area contributed by atoms with Gasteiger partial charge >= 0.3 is 5.97 Å². The van der Waals surface area contributed by atoms with Crippen molar-refractivity contribution in [3.05, 3.63) is 75.1 Å². The molecule has 3 aromatic carbocycles. The number of imide groups is 1. The number of methoxy groups -OCH3 is 1. The van der Waals surface area contributed by atoms with Gasteiger partial charge in [0.2, 0.25) is 0 Å². The summed E-state index contributed by atoms with van der Waals surface area (Å²) in [4.78, 5) is 38.0.